The van der Waals surface area contributed by atoms with E-state index in [4.69, 9.17) is 0 Å². The number of sulfonamides is 1. The van der Waals surface area contributed by atoms with Crippen LogP contribution in [0.5, 0.6) is 0 Å². The first kappa shape index (κ1) is 19.9. The summed E-state index contributed by atoms with van der Waals surface area (Å²) < 4.78 is 27.3. The first-order valence-corrected chi connectivity index (χ1v) is 10.5. The summed E-state index contributed by atoms with van der Waals surface area (Å²) in [6, 6.07) is 3.73. The lowest BCUT2D eigenvalue weighted by molar-refractivity contribution is -0.134. The van der Waals surface area contributed by atoms with Gasteiger partial charge >= 0.3 is 0 Å². The number of carbonyl (C=O) groups is 2. The van der Waals surface area contributed by atoms with E-state index in [1.807, 2.05) is 0 Å². The summed E-state index contributed by atoms with van der Waals surface area (Å²) in [5, 5.41) is 2.64. The second-order valence-corrected chi connectivity index (χ2v) is 8.99. The van der Waals surface area contributed by atoms with Crippen molar-refractivity contribution in [3.63, 3.8) is 0 Å². The molecule has 0 spiro atoms. The molecule has 1 aliphatic carbocycles. The number of hydrogen-bond donors (Lipinski definition) is 1. The van der Waals surface area contributed by atoms with E-state index in [2.05, 4.69) is 21.2 Å². The smallest absolute Gasteiger partial charge is 0.266 e. The van der Waals surface area contributed by atoms with Gasteiger partial charge in [-0.05, 0) is 57.4 Å². The molecule has 1 atom stereocenters. The maximum absolute atomic E-state index is 12.8. The molecular formula is C17H23BrN2O4S. The lowest BCUT2D eigenvalue weighted by Gasteiger charge is -2.28. The summed E-state index contributed by atoms with van der Waals surface area (Å²) in [7, 11) is -3.97. The molecule has 2 amide bonds. The van der Waals surface area contributed by atoms with E-state index in [9.17, 15) is 18.0 Å². The molecule has 8 heteroatoms. The van der Waals surface area contributed by atoms with Crippen molar-refractivity contribution < 1.29 is 18.0 Å². The maximum atomic E-state index is 12.8. The minimum absolute atomic E-state index is 0.0000821. The number of likely N-dealkylation sites (N-methyl/N-ethyl adjacent to an activating group) is 1. The van der Waals surface area contributed by atoms with E-state index in [0.717, 1.165) is 33.6 Å². The number of amides is 2. The molecule has 0 bridgehead atoms. The summed E-state index contributed by atoms with van der Waals surface area (Å²) in [6.45, 7) is 4.90. The number of benzene rings is 1. The highest BCUT2D eigenvalue weighted by atomic mass is 79.9. The SMILES string of the molecule is CCN(C(=O)C(C)NC(=O)C1CCC1)S(=O)(=O)c1ccc(Br)c(C)c1. The monoisotopic (exact) mass is 430 g/mol. The fraction of sp³-hybridized carbons (Fsp3) is 0.529. The first-order valence-electron chi connectivity index (χ1n) is 8.31. The Morgan fingerprint density at radius 3 is 2.48 bits per heavy atom. The van der Waals surface area contributed by atoms with Gasteiger partial charge in [0.05, 0.1) is 4.90 Å². The van der Waals surface area contributed by atoms with E-state index in [-0.39, 0.29) is 23.3 Å². The van der Waals surface area contributed by atoms with Crippen molar-refractivity contribution in [2.75, 3.05) is 6.54 Å². The lowest BCUT2D eigenvalue weighted by atomic mass is 9.84. The van der Waals surface area contributed by atoms with Crippen LogP contribution >= 0.6 is 15.9 Å². The third-order valence-electron chi connectivity index (χ3n) is 4.46. The van der Waals surface area contributed by atoms with Crippen LogP contribution in [-0.2, 0) is 19.6 Å². The quantitative estimate of drug-likeness (QED) is 0.751. The molecule has 0 saturated heterocycles. The van der Waals surface area contributed by atoms with E-state index in [1.165, 1.54) is 19.1 Å². The van der Waals surface area contributed by atoms with Gasteiger partial charge in [-0.25, -0.2) is 12.7 Å². The lowest BCUT2D eigenvalue weighted by Crippen LogP contribution is -2.50. The molecule has 1 N–H and O–H groups in total. The Bertz CT molecular complexity index is 775. The molecule has 1 aromatic carbocycles. The molecule has 1 aromatic rings. The Morgan fingerprint density at radius 2 is 2.00 bits per heavy atom. The van der Waals surface area contributed by atoms with Crippen LogP contribution in [0.3, 0.4) is 0 Å². The summed E-state index contributed by atoms with van der Waals surface area (Å²) in [5.74, 6) is -0.869. The van der Waals surface area contributed by atoms with Crippen LogP contribution in [0, 0.1) is 12.8 Å². The topological polar surface area (TPSA) is 83.6 Å². The van der Waals surface area contributed by atoms with Crippen molar-refractivity contribution in [2.45, 2.75) is 51.0 Å². The van der Waals surface area contributed by atoms with Crippen LogP contribution < -0.4 is 5.32 Å². The molecule has 138 valence electrons. The van der Waals surface area contributed by atoms with Crippen LogP contribution in [-0.4, -0.2) is 37.1 Å². The highest BCUT2D eigenvalue weighted by Crippen LogP contribution is 2.27. The van der Waals surface area contributed by atoms with Crippen LogP contribution in [0.15, 0.2) is 27.6 Å². The molecule has 0 aromatic heterocycles. The molecular weight excluding hydrogens is 408 g/mol. The van der Waals surface area contributed by atoms with E-state index >= 15 is 0 Å². The second kappa shape index (κ2) is 7.86. The van der Waals surface area contributed by atoms with Gasteiger partial charge in [-0.1, -0.05) is 22.4 Å². The number of halogens is 1. The van der Waals surface area contributed by atoms with Gasteiger partial charge in [0.25, 0.3) is 15.9 Å². The van der Waals surface area contributed by atoms with Crippen molar-refractivity contribution in [3.8, 4) is 0 Å². The molecule has 25 heavy (non-hydrogen) atoms. The summed E-state index contributed by atoms with van der Waals surface area (Å²) in [4.78, 5) is 24.7. The Labute approximate surface area is 157 Å². The molecule has 1 unspecified atom stereocenters. The third kappa shape index (κ3) is 4.23. The summed E-state index contributed by atoms with van der Waals surface area (Å²) in [6.07, 6.45) is 2.65. The predicted molar refractivity (Wildman–Crippen MR) is 98.4 cm³/mol. The second-order valence-electron chi connectivity index (χ2n) is 6.28. The number of hydrogen-bond acceptors (Lipinski definition) is 4. The molecule has 6 nitrogen and oxygen atoms in total. The molecule has 1 saturated carbocycles. The molecule has 2 rings (SSSR count). The maximum Gasteiger partial charge on any atom is 0.266 e. The van der Waals surface area contributed by atoms with Crippen LogP contribution in [0.25, 0.3) is 0 Å². The van der Waals surface area contributed by atoms with Gasteiger partial charge in [0, 0.05) is 16.9 Å². The van der Waals surface area contributed by atoms with Crippen LogP contribution in [0.4, 0.5) is 0 Å². The fourth-order valence-electron chi connectivity index (χ4n) is 2.63. The van der Waals surface area contributed by atoms with Gasteiger partial charge in [0.2, 0.25) is 5.91 Å². The standard InChI is InChI=1S/C17H23BrN2O4S/c1-4-20(17(22)12(3)19-16(21)13-6-5-7-13)25(23,24)14-8-9-15(18)11(2)10-14/h8-10,12-13H,4-7H2,1-3H3,(H,19,21). The van der Waals surface area contributed by atoms with Crippen molar-refractivity contribution in [1.82, 2.24) is 9.62 Å². The van der Waals surface area contributed by atoms with Crippen LogP contribution in [0.2, 0.25) is 0 Å². The molecule has 0 heterocycles. The van der Waals surface area contributed by atoms with Crippen LogP contribution in [0.1, 0.15) is 38.7 Å². The van der Waals surface area contributed by atoms with Crippen molar-refractivity contribution in [3.05, 3.63) is 28.2 Å². The van der Waals surface area contributed by atoms with Gasteiger partial charge in [0.1, 0.15) is 6.04 Å². The number of nitrogens with one attached hydrogen (secondary N) is 1. The first-order chi connectivity index (χ1) is 11.7. The highest BCUT2D eigenvalue weighted by Gasteiger charge is 2.33. The van der Waals surface area contributed by atoms with Crippen molar-refractivity contribution in [2.24, 2.45) is 5.92 Å². The highest BCUT2D eigenvalue weighted by molar-refractivity contribution is 9.10. The zero-order chi connectivity index (χ0) is 18.8. The Balaban J connectivity index is 2.19. The normalized spacial score (nSPS) is 16.0. The number of carbonyl (C=O) groups excluding carboxylic acids is 2. The van der Waals surface area contributed by atoms with E-state index in [1.54, 1.807) is 19.9 Å². The van der Waals surface area contributed by atoms with Crippen molar-refractivity contribution >= 4 is 37.8 Å². The molecule has 1 aliphatic rings. The molecule has 0 radical (unpaired) electrons. The van der Waals surface area contributed by atoms with Gasteiger partial charge in [0.15, 0.2) is 0 Å². The fourth-order valence-corrected chi connectivity index (χ4v) is 4.43. The number of nitrogens with zero attached hydrogens (tertiary/aromatic N) is 1. The average molecular weight is 431 g/mol. The molecule has 0 aliphatic heterocycles. The Hall–Kier alpha value is -1.41. The summed E-state index contributed by atoms with van der Waals surface area (Å²) in [5.41, 5.74) is 0.760. The van der Waals surface area contributed by atoms with Gasteiger partial charge < -0.3 is 5.32 Å². The minimum atomic E-state index is -3.97. The Morgan fingerprint density at radius 1 is 1.36 bits per heavy atom. The average Bonchev–Trinajstić information content (AvgIpc) is 2.48. The van der Waals surface area contributed by atoms with Gasteiger partial charge in [-0.2, -0.15) is 0 Å². The van der Waals surface area contributed by atoms with E-state index < -0.39 is 22.0 Å². The number of rotatable bonds is 6. The van der Waals surface area contributed by atoms with E-state index in [0.29, 0.717) is 0 Å². The summed E-state index contributed by atoms with van der Waals surface area (Å²) >= 11 is 3.33. The number of aryl methyl sites for hydroxylation is 1. The van der Waals surface area contributed by atoms with Gasteiger partial charge in [-0.15, -0.1) is 0 Å². The molecule has 1 fully saturated rings. The third-order valence-corrected chi connectivity index (χ3v) is 7.21. The largest absolute Gasteiger partial charge is 0.344 e. The zero-order valence-electron chi connectivity index (χ0n) is 14.6. The van der Waals surface area contributed by atoms with Crippen molar-refractivity contribution in [1.29, 1.82) is 0 Å². The minimum Gasteiger partial charge on any atom is -0.344 e. The Kier molecular flexibility index (Phi) is 6.26. The predicted octanol–water partition coefficient (Wildman–Crippen LogP) is 2.60. The van der Waals surface area contributed by atoms with Gasteiger partial charge in [-0.3, -0.25) is 9.59 Å². The zero-order valence-corrected chi connectivity index (χ0v) is 17.0.